The molecular formula is C15H21ClN2O. The van der Waals surface area contributed by atoms with Crippen LogP contribution in [-0.2, 0) is 12.4 Å². The maximum atomic E-state index is 5.99. The van der Waals surface area contributed by atoms with Crippen LogP contribution >= 0.6 is 11.6 Å². The molecule has 19 heavy (non-hydrogen) atoms. The van der Waals surface area contributed by atoms with E-state index in [2.05, 4.69) is 29.5 Å². The van der Waals surface area contributed by atoms with E-state index in [1.807, 2.05) is 12.1 Å². The van der Waals surface area contributed by atoms with Crippen molar-refractivity contribution in [1.29, 1.82) is 0 Å². The second-order valence-corrected chi connectivity index (χ2v) is 4.93. The van der Waals surface area contributed by atoms with Crippen LogP contribution in [0.1, 0.15) is 38.9 Å². The summed E-state index contributed by atoms with van der Waals surface area (Å²) in [5.41, 5.74) is 2.12. The maximum Gasteiger partial charge on any atom is 0.124 e. The molecule has 4 heteroatoms. The van der Waals surface area contributed by atoms with Crippen molar-refractivity contribution in [2.24, 2.45) is 0 Å². The first-order chi connectivity index (χ1) is 9.30. The van der Waals surface area contributed by atoms with Crippen LogP contribution in [0, 0.1) is 0 Å². The van der Waals surface area contributed by atoms with Crippen LogP contribution in [-0.4, -0.2) is 16.2 Å². The minimum absolute atomic E-state index is 0.448. The largest absolute Gasteiger partial charge is 0.494 e. The summed E-state index contributed by atoms with van der Waals surface area (Å²) in [6, 6.07) is 6.10. The van der Waals surface area contributed by atoms with Gasteiger partial charge in [-0.05, 0) is 25.0 Å². The molecular weight excluding hydrogens is 260 g/mol. The van der Waals surface area contributed by atoms with Gasteiger partial charge in [0.15, 0.2) is 0 Å². The average Bonchev–Trinajstić information content (AvgIpc) is 2.79. The van der Waals surface area contributed by atoms with Crippen LogP contribution in [0.25, 0.3) is 11.0 Å². The molecule has 1 aromatic heterocycles. The van der Waals surface area contributed by atoms with E-state index in [4.69, 9.17) is 16.3 Å². The van der Waals surface area contributed by atoms with Crippen molar-refractivity contribution in [3.05, 3.63) is 24.0 Å². The number of rotatable bonds is 7. The van der Waals surface area contributed by atoms with Gasteiger partial charge in [0.1, 0.15) is 11.6 Å². The molecule has 0 fully saturated rings. The summed E-state index contributed by atoms with van der Waals surface area (Å²) in [6.45, 7) is 6.01. The zero-order valence-electron chi connectivity index (χ0n) is 11.7. The highest BCUT2D eigenvalue weighted by Crippen LogP contribution is 2.23. The minimum atomic E-state index is 0.448. The number of benzene rings is 1. The van der Waals surface area contributed by atoms with Gasteiger partial charge in [0.05, 0.1) is 23.5 Å². The Labute approximate surface area is 119 Å². The lowest BCUT2D eigenvalue weighted by atomic mass is 10.3. The zero-order valence-corrected chi connectivity index (χ0v) is 12.4. The fourth-order valence-corrected chi connectivity index (χ4v) is 2.34. The van der Waals surface area contributed by atoms with Crippen molar-refractivity contribution in [2.75, 3.05) is 6.61 Å². The van der Waals surface area contributed by atoms with Crippen molar-refractivity contribution in [3.8, 4) is 5.75 Å². The summed E-state index contributed by atoms with van der Waals surface area (Å²) >= 11 is 5.99. The number of aromatic nitrogens is 2. The third-order valence-corrected chi connectivity index (χ3v) is 3.37. The second kappa shape index (κ2) is 6.80. The Kier molecular flexibility index (Phi) is 5.08. The number of hydrogen-bond donors (Lipinski definition) is 0. The quantitative estimate of drug-likeness (QED) is 0.705. The third kappa shape index (κ3) is 3.21. The average molecular weight is 281 g/mol. The topological polar surface area (TPSA) is 27.1 Å². The van der Waals surface area contributed by atoms with E-state index in [0.717, 1.165) is 48.6 Å². The molecule has 0 aliphatic rings. The fourth-order valence-electron chi connectivity index (χ4n) is 2.14. The number of imidazole rings is 1. The Morgan fingerprint density at radius 1 is 1.26 bits per heavy atom. The molecule has 0 aliphatic carbocycles. The first kappa shape index (κ1) is 14.2. The Morgan fingerprint density at radius 3 is 2.79 bits per heavy atom. The van der Waals surface area contributed by atoms with Gasteiger partial charge in [0.25, 0.3) is 0 Å². The monoisotopic (exact) mass is 280 g/mol. The Balaban J connectivity index is 2.33. The van der Waals surface area contributed by atoms with Crippen LogP contribution in [0.3, 0.4) is 0 Å². The number of ether oxygens (including phenoxy) is 1. The van der Waals surface area contributed by atoms with E-state index in [0.29, 0.717) is 5.88 Å². The molecule has 104 valence electrons. The van der Waals surface area contributed by atoms with Crippen molar-refractivity contribution in [1.82, 2.24) is 9.55 Å². The van der Waals surface area contributed by atoms with Crippen LogP contribution in [0.15, 0.2) is 18.2 Å². The molecule has 2 rings (SSSR count). The molecule has 3 nitrogen and oxygen atoms in total. The van der Waals surface area contributed by atoms with Gasteiger partial charge < -0.3 is 9.30 Å². The van der Waals surface area contributed by atoms with E-state index in [9.17, 15) is 0 Å². The van der Waals surface area contributed by atoms with Gasteiger partial charge in [0, 0.05) is 12.6 Å². The lowest BCUT2D eigenvalue weighted by Gasteiger charge is -2.07. The minimum Gasteiger partial charge on any atom is -0.494 e. The van der Waals surface area contributed by atoms with Crippen molar-refractivity contribution < 1.29 is 4.74 Å². The SMILES string of the molecule is CCCCn1c(CCl)nc2cc(OCCC)ccc21. The van der Waals surface area contributed by atoms with Gasteiger partial charge in [0.2, 0.25) is 0 Å². The zero-order chi connectivity index (χ0) is 13.7. The smallest absolute Gasteiger partial charge is 0.124 e. The molecule has 0 atom stereocenters. The van der Waals surface area contributed by atoms with Crippen molar-refractivity contribution >= 4 is 22.6 Å². The Bertz CT molecular complexity index is 536. The van der Waals surface area contributed by atoms with Crippen LogP contribution in [0.5, 0.6) is 5.75 Å². The van der Waals surface area contributed by atoms with E-state index in [1.165, 1.54) is 6.42 Å². The second-order valence-electron chi connectivity index (χ2n) is 4.67. The molecule has 1 aromatic carbocycles. The molecule has 0 unspecified atom stereocenters. The summed E-state index contributed by atoms with van der Waals surface area (Å²) in [4.78, 5) is 4.60. The lowest BCUT2D eigenvalue weighted by molar-refractivity contribution is 0.318. The fraction of sp³-hybridized carbons (Fsp3) is 0.533. The van der Waals surface area contributed by atoms with Crippen molar-refractivity contribution in [3.63, 3.8) is 0 Å². The molecule has 0 radical (unpaired) electrons. The molecule has 0 spiro atoms. The van der Waals surface area contributed by atoms with Gasteiger partial charge in [-0.3, -0.25) is 0 Å². The first-order valence-corrected chi connectivity index (χ1v) is 7.51. The maximum absolute atomic E-state index is 5.99. The highest BCUT2D eigenvalue weighted by molar-refractivity contribution is 6.16. The summed E-state index contributed by atoms with van der Waals surface area (Å²) in [5, 5.41) is 0. The number of nitrogens with zero attached hydrogens (tertiary/aromatic N) is 2. The van der Waals surface area contributed by atoms with Crippen LogP contribution < -0.4 is 4.74 Å². The molecule has 2 aromatic rings. The van der Waals surface area contributed by atoms with E-state index >= 15 is 0 Å². The number of halogens is 1. The molecule has 1 heterocycles. The Hall–Kier alpha value is -1.22. The molecule has 0 aliphatic heterocycles. The third-order valence-electron chi connectivity index (χ3n) is 3.13. The molecule has 0 saturated carbocycles. The van der Waals surface area contributed by atoms with E-state index < -0.39 is 0 Å². The molecule has 0 saturated heterocycles. The predicted octanol–water partition coefficient (Wildman–Crippen LogP) is 4.36. The summed E-state index contributed by atoms with van der Waals surface area (Å²) in [7, 11) is 0. The number of unbranched alkanes of at least 4 members (excludes halogenated alkanes) is 1. The Morgan fingerprint density at radius 2 is 2.11 bits per heavy atom. The van der Waals surface area contributed by atoms with Gasteiger partial charge in [-0.1, -0.05) is 20.3 Å². The highest BCUT2D eigenvalue weighted by atomic mass is 35.5. The van der Waals surface area contributed by atoms with Crippen LogP contribution in [0.2, 0.25) is 0 Å². The van der Waals surface area contributed by atoms with Gasteiger partial charge in [-0.2, -0.15) is 0 Å². The summed E-state index contributed by atoms with van der Waals surface area (Å²) in [5.74, 6) is 2.28. The van der Waals surface area contributed by atoms with Gasteiger partial charge in [-0.25, -0.2) is 4.98 Å². The normalized spacial score (nSPS) is 11.1. The van der Waals surface area contributed by atoms with Crippen molar-refractivity contribution in [2.45, 2.75) is 45.5 Å². The standard InChI is InChI=1S/C15H21ClN2O/c1-3-5-8-18-14-7-6-12(19-9-4-2)10-13(14)17-15(18)11-16/h6-7,10H,3-5,8-9,11H2,1-2H3. The lowest BCUT2D eigenvalue weighted by Crippen LogP contribution is -2.02. The summed E-state index contributed by atoms with van der Waals surface area (Å²) < 4.78 is 7.86. The van der Waals surface area contributed by atoms with E-state index in [1.54, 1.807) is 0 Å². The number of aryl methyl sites for hydroxylation is 1. The molecule has 0 bridgehead atoms. The first-order valence-electron chi connectivity index (χ1n) is 6.98. The van der Waals surface area contributed by atoms with Gasteiger partial charge in [-0.15, -0.1) is 11.6 Å². The highest BCUT2D eigenvalue weighted by Gasteiger charge is 2.10. The number of alkyl halides is 1. The number of fused-ring (bicyclic) bond motifs is 1. The summed E-state index contributed by atoms with van der Waals surface area (Å²) in [6.07, 6.45) is 3.32. The van der Waals surface area contributed by atoms with Gasteiger partial charge >= 0.3 is 0 Å². The predicted molar refractivity (Wildman–Crippen MR) is 80.0 cm³/mol. The molecule has 0 amide bonds. The van der Waals surface area contributed by atoms with Crippen LogP contribution in [0.4, 0.5) is 0 Å². The van der Waals surface area contributed by atoms with E-state index in [-0.39, 0.29) is 0 Å². The molecule has 0 N–H and O–H groups in total. The number of hydrogen-bond acceptors (Lipinski definition) is 2.